The zero-order chi connectivity index (χ0) is 20.9. The molecule has 1 aliphatic carbocycles. The van der Waals surface area contributed by atoms with Crippen molar-refractivity contribution in [2.24, 2.45) is 0 Å². The highest BCUT2D eigenvalue weighted by Gasteiger charge is 2.22. The van der Waals surface area contributed by atoms with Crippen LogP contribution in [0, 0.1) is 0 Å². The SMILES string of the molecule is COC(=O)c1ccc2c(c1)CCC(CN(C)Cc1ccccc1)=C2c1ccccc1. The first-order valence-corrected chi connectivity index (χ1v) is 10.4. The van der Waals surface area contributed by atoms with E-state index in [1.165, 1.54) is 40.5 Å². The number of nitrogens with zero attached hydrogens (tertiary/aromatic N) is 1. The third kappa shape index (κ3) is 4.37. The Hall–Kier alpha value is -3.17. The lowest BCUT2D eigenvalue weighted by atomic mass is 9.81. The highest BCUT2D eigenvalue weighted by molar-refractivity contribution is 5.92. The molecule has 0 aromatic heterocycles. The Kier molecular flexibility index (Phi) is 6.10. The lowest BCUT2D eigenvalue weighted by molar-refractivity contribution is 0.0600. The van der Waals surface area contributed by atoms with Gasteiger partial charge in [0.05, 0.1) is 12.7 Å². The average molecular weight is 398 g/mol. The highest BCUT2D eigenvalue weighted by Crippen LogP contribution is 2.37. The molecule has 30 heavy (non-hydrogen) atoms. The lowest BCUT2D eigenvalue weighted by Crippen LogP contribution is -2.23. The molecule has 0 atom stereocenters. The maximum atomic E-state index is 12.0. The standard InChI is InChI=1S/C27H27NO2/c1-28(18-20-9-5-3-6-10-20)19-24-14-13-22-17-23(27(29)30-2)15-16-25(22)26(24)21-11-7-4-8-12-21/h3-12,15-17H,13-14,18-19H2,1-2H3. The number of rotatable bonds is 6. The topological polar surface area (TPSA) is 29.5 Å². The number of aryl methyl sites for hydroxylation is 1. The van der Waals surface area contributed by atoms with E-state index in [4.69, 9.17) is 4.74 Å². The predicted molar refractivity (Wildman–Crippen MR) is 121 cm³/mol. The van der Waals surface area contributed by atoms with Gasteiger partial charge in [-0.05, 0) is 65.4 Å². The molecule has 4 rings (SSSR count). The molecular formula is C27H27NO2. The van der Waals surface area contributed by atoms with Crippen LogP contribution in [0.4, 0.5) is 0 Å². The summed E-state index contributed by atoms with van der Waals surface area (Å²) in [7, 11) is 3.61. The van der Waals surface area contributed by atoms with Crippen LogP contribution in [0.25, 0.3) is 5.57 Å². The van der Waals surface area contributed by atoms with E-state index in [1.807, 2.05) is 12.1 Å². The van der Waals surface area contributed by atoms with Crippen LogP contribution in [-0.2, 0) is 17.7 Å². The van der Waals surface area contributed by atoms with Gasteiger partial charge in [-0.3, -0.25) is 4.90 Å². The number of methoxy groups -OCH3 is 1. The van der Waals surface area contributed by atoms with Gasteiger partial charge in [0.1, 0.15) is 0 Å². The van der Waals surface area contributed by atoms with Crippen molar-refractivity contribution >= 4 is 11.5 Å². The van der Waals surface area contributed by atoms with Crippen molar-refractivity contribution in [3.05, 3.63) is 112 Å². The van der Waals surface area contributed by atoms with E-state index in [-0.39, 0.29) is 5.97 Å². The molecule has 1 aliphatic rings. The van der Waals surface area contributed by atoms with E-state index in [0.717, 1.165) is 25.9 Å². The van der Waals surface area contributed by atoms with Gasteiger partial charge in [-0.2, -0.15) is 0 Å². The molecule has 0 fully saturated rings. The van der Waals surface area contributed by atoms with Gasteiger partial charge in [0.25, 0.3) is 0 Å². The van der Waals surface area contributed by atoms with Gasteiger partial charge in [0.15, 0.2) is 0 Å². The first kappa shape index (κ1) is 20.1. The van der Waals surface area contributed by atoms with Crippen molar-refractivity contribution in [1.82, 2.24) is 4.90 Å². The largest absolute Gasteiger partial charge is 0.465 e. The third-order valence-corrected chi connectivity index (χ3v) is 5.66. The molecule has 0 N–H and O–H groups in total. The predicted octanol–water partition coefficient (Wildman–Crippen LogP) is 5.35. The van der Waals surface area contributed by atoms with Crippen molar-refractivity contribution in [2.45, 2.75) is 19.4 Å². The molecule has 3 heteroatoms. The summed E-state index contributed by atoms with van der Waals surface area (Å²) in [4.78, 5) is 14.4. The summed E-state index contributed by atoms with van der Waals surface area (Å²) in [5.74, 6) is -0.281. The molecule has 0 radical (unpaired) electrons. The van der Waals surface area contributed by atoms with Crippen LogP contribution < -0.4 is 0 Å². The summed E-state index contributed by atoms with van der Waals surface area (Å²) in [6.07, 6.45) is 1.92. The first-order valence-electron chi connectivity index (χ1n) is 10.4. The van der Waals surface area contributed by atoms with Crippen molar-refractivity contribution in [1.29, 1.82) is 0 Å². The number of hydrogen-bond acceptors (Lipinski definition) is 3. The molecular weight excluding hydrogens is 370 g/mol. The van der Waals surface area contributed by atoms with Gasteiger partial charge in [-0.1, -0.05) is 66.7 Å². The Morgan fingerprint density at radius 2 is 1.60 bits per heavy atom. The van der Waals surface area contributed by atoms with Crippen LogP contribution in [0.2, 0.25) is 0 Å². The lowest BCUT2D eigenvalue weighted by Gasteiger charge is -2.28. The molecule has 0 unspecified atom stereocenters. The second-order valence-corrected chi connectivity index (χ2v) is 7.87. The Morgan fingerprint density at radius 3 is 2.30 bits per heavy atom. The minimum Gasteiger partial charge on any atom is -0.465 e. The fraction of sp³-hybridized carbons (Fsp3) is 0.222. The number of hydrogen-bond donors (Lipinski definition) is 0. The summed E-state index contributed by atoms with van der Waals surface area (Å²) in [6, 6.07) is 27.1. The minimum absolute atomic E-state index is 0.281. The maximum Gasteiger partial charge on any atom is 0.337 e. The zero-order valence-electron chi connectivity index (χ0n) is 17.6. The summed E-state index contributed by atoms with van der Waals surface area (Å²) >= 11 is 0. The Morgan fingerprint density at radius 1 is 0.900 bits per heavy atom. The average Bonchev–Trinajstić information content (AvgIpc) is 2.79. The van der Waals surface area contributed by atoms with Crippen LogP contribution >= 0.6 is 0 Å². The van der Waals surface area contributed by atoms with Gasteiger partial charge in [0, 0.05) is 13.1 Å². The molecule has 0 heterocycles. The fourth-order valence-corrected chi connectivity index (χ4v) is 4.29. The summed E-state index contributed by atoms with van der Waals surface area (Å²) < 4.78 is 4.91. The fourth-order valence-electron chi connectivity index (χ4n) is 4.29. The van der Waals surface area contributed by atoms with Gasteiger partial charge < -0.3 is 4.74 Å². The third-order valence-electron chi connectivity index (χ3n) is 5.66. The number of carbonyl (C=O) groups excluding carboxylic acids is 1. The van der Waals surface area contributed by atoms with Gasteiger partial charge in [-0.25, -0.2) is 4.79 Å². The van der Waals surface area contributed by atoms with E-state index in [0.29, 0.717) is 5.56 Å². The van der Waals surface area contributed by atoms with E-state index in [9.17, 15) is 4.79 Å². The summed E-state index contributed by atoms with van der Waals surface area (Å²) in [6.45, 7) is 1.83. The van der Waals surface area contributed by atoms with E-state index < -0.39 is 0 Å². The van der Waals surface area contributed by atoms with Gasteiger partial charge in [-0.15, -0.1) is 0 Å². The van der Waals surface area contributed by atoms with Crippen LogP contribution in [0.3, 0.4) is 0 Å². The highest BCUT2D eigenvalue weighted by atomic mass is 16.5. The number of fused-ring (bicyclic) bond motifs is 1. The number of likely N-dealkylation sites (N-methyl/N-ethyl adjacent to an activating group) is 1. The molecule has 0 aliphatic heterocycles. The number of carbonyl (C=O) groups is 1. The molecule has 3 aromatic carbocycles. The van der Waals surface area contributed by atoms with Crippen molar-refractivity contribution < 1.29 is 9.53 Å². The maximum absolute atomic E-state index is 12.0. The summed E-state index contributed by atoms with van der Waals surface area (Å²) in [5.41, 5.74) is 8.35. The second-order valence-electron chi connectivity index (χ2n) is 7.87. The van der Waals surface area contributed by atoms with Crippen molar-refractivity contribution in [3.8, 4) is 0 Å². The number of esters is 1. The molecule has 0 amide bonds. The van der Waals surface area contributed by atoms with Crippen LogP contribution in [0.15, 0.2) is 84.4 Å². The number of benzene rings is 3. The Labute approximate surface area is 178 Å². The quantitative estimate of drug-likeness (QED) is 0.525. The second kappa shape index (κ2) is 9.10. The Bertz CT molecular complexity index is 1050. The molecule has 0 bridgehead atoms. The molecule has 0 saturated heterocycles. The van der Waals surface area contributed by atoms with Crippen molar-refractivity contribution in [3.63, 3.8) is 0 Å². The van der Waals surface area contributed by atoms with Crippen LogP contribution in [-0.4, -0.2) is 31.6 Å². The van der Waals surface area contributed by atoms with E-state index in [1.54, 1.807) is 0 Å². The smallest absolute Gasteiger partial charge is 0.337 e. The first-order chi connectivity index (χ1) is 14.7. The Balaban J connectivity index is 1.70. The van der Waals surface area contributed by atoms with Gasteiger partial charge in [0.2, 0.25) is 0 Å². The van der Waals surface area contributed by atoms with Crippen LogP contribution in [0.1, 0.15) is 39.0 Å². The monoisotopic (exact) mass is 397 g/mol. The molecule has 152 valence electrons. The molecule has 0 spiro atoms. The normalized spacial score (nSPS) is 13.3. The summed E-state index contributed by atoms with van der Waals surface area (Å²) in [5, 5.41) is 0. The number of ether oxygens (including phenoxy) is 1. The minimum atomic E-state index is -0.281. The molecule has 3 nitrogen and oxygen atoms in total. The molecule has 0 saturated carbocycles. The van der Waals surface area contributed by atoms with Crippen molar-refractivity contribution in [2.75, 3.05) is 20.7 Å². The van der Waals surface area contributed by atoms with E-state index >= 15 is 0 Å². The van der Waals surface area contributed by atoms with Gasteiger partial charge >= 0.3 is 5.97 Å². The molecule has 3 aromatic rings. The zero-order valence-corrected chi connectivity index (χ0v) is 17.6. The van der Waals surface area contributed by atoms with Crippen LogP contribution in [0.5, 0.6) is 0 Å². The van der Waals surface area contributed by atoms with E-state index in [2.05, 4.69) is 78.7 Å².